The van der Waals surface area contributed by atoms with Gasteiger partial charge in [-0.1, -0.05) is 36.4 Å². The number of nitrogens with zero attached hydrogens (tertiary/aromatic N) is 4. The number of benzene rings is 2. The molecule has 0 spiro atoms. The van der Waals surface area contributed by atoms with Crippen molar-refractivity contribution in [1.82, 2.24) is 20.2 Å². The van der Waals surface area contributed by atoms with Gasteiger partial charge < -0.3 is 5.32 Å². The zero-order valence-corrected chi connectivity index (χ0v) is 12.4. The van der Waals surface area contributed by atoms with Crippen molar-refractivity contribution < 1.29 is 9.18 Å². The second-order valence-electron chi connectivity index (χ2n) is 5.02. The third kappa shape index (κ3) is 3.57. The number of nitrogens with one attached hydrogen (secondary N) is 1. The van der Waals surface area contributed by atoms with Gasteiger partial charge >= 0.3 is 0 Å². The summed E-state index contributed by atoms with van der Waals surface area (Å²) in [5.74, 6) is -0.313. The molecule has 0 aliphatic heterocycles. The number of carbonyl (C=O) groups is 1. The number of carbonyl (C=O) groups excluding carboxylic acids is 1. The summed E-state index contributed by atoms with van der Waals surface area (Å²) >= 11 is 0. The van der Waals surface area contributed by atoms with E-state index in [1.165, 1.54) is 16.9 Å². The fourth-order valence-electron chi connectivity index (χ4n) is 2.06. The number of tetrazole rings is 1. The first-order chi connectivity index (χ1) is 11.1. The summed E-state index contributed by atoms with van der Waals surface area (Å²) in [7, 11) is 0. The Bertz CT molecular complexity index is 831. The fourth-order valence-corrected chi connectivity index (χ4v) is 2.06. The quantitative estimate of drug-likeness (QED) is 0.803. The minimum Gasteiger partial charge on any atom is -0.324 e. The second kappa shape index (κ2) is 6.35. The van der Waals surface area contributed by atoms with E-state index in [-0.39, 0.29) is 12.5 Å². The average molecular weight is 311 g/mol. The van der Waals surface area contributed by atoms with Gasteiger partial charge in [-0.05, 0) is 29.8 Å². The Kier molecular flexibility index (Phi) is 4.09. The van der Waals surface area contributed by atoms with Crippen LogP contribution in [0.1, 0.15) is 5.56 Å². The number of amides is 1. The number of aryl methyl sites for hydroxylation is 1. The number of hydrogen-bond acceptors (Lipinski definition) is 4. The van der Waals surface area contributed by atoms with Crippen molar-refractivity contribution in [1.29, 1.82) is 0 Å². The minimum atomic E-state index is -0.406. The van der Waals surface area contributed by atoms with Gasteiger partial charge in [0.25, 0.3) is 0 Å². The number of aromatic nitrogens is 4. The number of halogens is 1. The Morgan fingerprint density at radius 1 is 1.22 bits per heavy atom. The van der Waals surface area contributed by atoms with Gasteiger partial charge in [0, 0.05) is 11.3 Å². The highest BCUT2D eigenvalue weighted by molar-refractivity contribution is 5.91. The van der Waals surface area contributed by atoms with Gasteiger partial charge in [0.1, 0.15) is 12.4 Å². The maximum Gasteiger partial charge on any atom is 0.248 e. The Morgan fingerprint density at radius 3 is 2.78 bits per heavy atom. The lowest BCUT2D eigenvalue weighted by atomic mass is 10.2. The maximum absolute atomic E-state index is 13.2. The van der Waals surface area contributed by atoms with Crippen LogP contribution in [0.3, 0.4) is 0 Å². The Morgan fingerprint density at radius 2 is 2.00 bits per heavy atom. The summed E-state index contributed by atoms with van der Waals surface area (Å²) in [5.41, 5.74) is 2.02. The molecule has 1 aromatic heterocycles. The van der Waals surface area contributed by atoms with Crippen LogP contribution in [0, 0.1) is 12.7 Å². The molecule has 23 heavy (non-hydrogen) atoms. The first-order valence-electron chi connectivity index (χ1n) is 7.01. The average Bonchev–Trinajstić information content (AvgIpc) is 3.00. The molecule has 0 unspecified atom stereocenters. The lowest BCUT2D eigenvalue weighted by Gasteiger charge is -2.07. The van der Waals surface area contributed by atoms with Crippen molar-refractivity contribution in [3.05, 3.63) is 59.9 Å². The Labute approximate surface area is 132 Å². The normalized spacial score (nSPS) is 10.5. The van der Waals surface area contributed by atoms with Gasteiger partial charge in [0.2, 0.25) is 11.7 Å². The van der Waals surface area contributed by atoms with Crippen LogP contribution in [0.4, 0.5) is 10.1 Å². The SMILES string of the molecule is Cc1ccc(F)cc1NC(=O)Cn1nnc(-c2ccccc2)n1. The molecule has 116 valence electrons. The standard InChI is InChI=1S/C16H14FN5O/c1-11-7-8-13(17)9-14(11)18-15(23)10-22-20-16(19-21-22)12-5-3-2-4-6-12/h2-9H,10H2,1H3,(H,18,23). The number of rotatable bonds is 4. The molecule has 3 rings (SSSR count). The second-order valence-corrected chi connectivity index (χ2v) is 5.02. The first kappa shape index (κ1) is 14.8. The summed E-state index contributed by atoms with van der Waals surface area (Å²) in [6.07, 6.45) is 0. The number of hydrogen-bond donors (Lipinski definition) is 1. The molecule has 0 fully saturated rings. The van der Waals surface area contributed by atoms with Gasteiger partial charge in [-0.15, -0.1) is 10.2 Å². The molecule has 1 amide bonds. The molecule has 0 bridgehead atoms. The van der Waals surface area contributed by atoms with Crippen molar-refractivity contribution in [3.63, 3.8) is 0 Å². The lowest BCUT2D eigenvalue weighted by Crippen LogP contribution is -2.21. The highest BCUT2D eigenvalue weighted by Crippen LogP contribution is 2.16. The molecule has 0 radical (unpaired) electrons. The molecule has 2 aromatic carbocycles. The molecular formula is C16H14FN5O. The van der Waals surface area contributed by atoms with Gasteiger partial charge in [0.05, 0.1) is 0 Å². The predicted molar refractivity (Wildman–Crippen MR) is 83.0 cm³/mol. The molecule has 7 heteroatoms. The predicted octanol–water partition coefficient (Wildman–Crippen LogP) is 2.43. The van der Waals surface area contributed by atoms with E-state index in [0.29, 0.717) is 11.5 Å². The summed E-state index contributed by atoms with van der Waals surface area (Å²) in [4.78, 5) is 13.2. The zero-order chi connectivity index (χ0) is 16.2. The van der Waals surface area contributed by atoms with Crippen LogP contribution >= 0.6 is 0 Å². The lowest BCUT2D eigenvalue weighted by molar-refractivity contribution is -0.117. The molecule has 1 N–H and O–H groups in total. The summed E-state index contributed by atoms with van der Waals surface area (Å²) < 4.78 is 13.2. The number of anilines is 1. The third-order valence-corrected chi connectivity index (χ3v) is 3.24. The van der Waals surface area contributed by atoms with E-state index in [0.717, 1.165) is 11.1 Å². The smallest absolute Gasteiger partial charge is 0.248 e. The van der Waals surface area contributed by atoms with Crippen molar-refractivity contribution in [2.45, 2.75) is 13.5 Å². The van der Waals surface area contributed by atoms with Crippen molar-refractivity contribution in [2.75, 3.05) is 5.32 Å². The van der Waals surface area contributed by atoms with Crippen LogP contribution in [0.25, 0.3) is 11.4 Å². The monoisotopic (exact) mass is 311 g/mol. The highest BCUT2D eigenvalue weighted by Gasteiger charge is 2.10. The van der Waals surface area contributed by atoms with Crippen LogP contribution in [0.5, 0.6) is 0 Å². The van der Waals surface area contributed by atoms with Crippen LogP contribution in [0.2, 0.25) is 0 Å². The molecule has 6 nitrogen and oxygen atoms in total. The summed E-state index contributed by atoms with van der Waals surface area (Å²) in [6, 6.07) is 13.6. The summed E-state index contributed by atoms with van der Waals surface area (Å²) in [6.45, 7) is 1.69. The van der Waals surface area contributed by atoms with E-state index in [1.807, 2.05) is 30.3 Å². The van der Waals surface area contributed by atoms with E-state index in [2.05, 4.69) is 20.7 Å². The first-order valence-corrected chi connectivity index (χ1v) is 7.01. The summed E-state index contributed by atoms with van der Waals surface area (Å²) in [5, 5.41) is 14.6. The zero-order valence-electron chi connectivity index (χ0n) is 12.4. The molecule has 0 aliphatic carbocycles. The van der Waals surface area contributed by atoms with Crippen LogP contribution in [0.15, 0.2) is 48.5 Å². The molecule has 0 aliphatic rings. The van der Waals surface area contributed by atoms with Crippen LogP contribution in [-0.2, 0) is 11.3 Å². The van der Waals surface area contributed by atoms with E-state index in [4.69, 9.17) is 0 Å². The van der Waals surface area contributed by atoms with Gasteiger partial charge in [0.15, 0.2) is 0 Å². The largest absolute Gasteiger partial charge is 0.324 e. The molecular weight excluding hydrogens is 297 g/mol. The van der Waals surface area contributed by atoms with Crippen LogP contribution < -0.4 is 5.32 Å². The molecule has 1 heterocycles. The van der Waals surface area contributed by atoms with Crippen molar-refractivity contribution >= 4 is 11.6 Å². The highest BCUT2D eigenvalue weighted by atomic mass is 19.1. The molecule has 0 saturated heterocycles. The molecule has 0 atom stereocenters. The van der Waals surface area contributed by atoms with E-state index in [9.17, 15) is 9.18 Å². The topological polar surface area (TPSA) is 72.7 Å². The Hall–Kier alpha value is -3.09. The maximum atomic E-state index is 13.2. The Balaban J connectivity index is 1.69. The fraction of sp³-hybridized carbons (Fsp3) is 0.125. The molecule has 3 aromatic rings. The van der Waals surface area contributed by atoms with Gasteiger partial charge in [-0.2, -0.15) is 4.80 Å². The van der Waals surface area contributed by atoms with Crippen molar-refractivity contribution in [3.8, 4) is 11.4 Å². The van der Waals surface area contributed by atoms with Gasteiger partial charge in [-0.25, -0.2) is 4.39 Å². The third-order valence-electron chi connectivity index (χ3n) is 3.24. The van der Waals surface area contributed by atoms with Gasteiger partial charge in [-0.3, -0.25) is 4.79 Å². The van der Waals surface area contributed by atoms with E-state index < -0.39 is 5.82 Å². The van der Waals surface area contributed by atoms with E-state index >= 15 is 0 Å². The van der Waals surface area contributed by atoms with E-state index in [1.54, 1.807) is 13.0 Å². The van der Waals surface area contributed by atoms with Crippen LogP contribution in [-0.4, -0.2) is 26.1 Å². The van der Waals surface area contributed by atoms with Crippen molar-refractivity contribution in [2.24, 2.45) is 0 Å². The molecule has 0 saturated carbocycles. The minimum absolute atomic E-state index is 0.101.